The largest absolute Gasteiger partial charge is 0.287 e. The Morgan fingerprint density at radius 2 is 1.40 bits per heavy atom. The first-order valence-electron chi connectivity index (χ1n) is 8.61. The number of allylic oxidation sites excluding steroid dienone is 2. The van der Waals surface area contributed by atoms with E-state index >= 15 is 0 Å². The Labute approximate surface area is 131 Å². The van der Waals surface area contributed by atoms with E-state index in [2.05, 4.69) is 26.0 Å². The Hall–Kier alpha value is -0.240. The van der Waals surface area contributed by atoms with Crippen LogP contribution >= 0.6 is 11.8 Å². The normalized spacial score (nSPS) is 11.3. The van der Waals surface area contributed by atoms with Crippen molar-refractivity contribution in [3.8, 4) is 0 Å². The molecule has 0 unspecified atom stereocenters. The lowest BCUT2D eigenvalue weighted by atomic mass is 10.1. The monoisotopic (exact) mass is 298 g/mol. The Morgan fingerprint density at radius 3 is 2.15 bits per heavy atom. The molecule has 0 aliphatic carbocycles. The van der Waals surface area contributed by atoms with Gasteiger partial charge in [-0.2, -0.15) is 0 Å². The molecule has 0 heterocycles. The van der Waals surface area contributed by atoms with Crippen LogP contribution in [-0.2, 0) is 4.79 Å². The summed E-state index contributed by atoms with van der Waals surface area (Å²) < 4.78 is 0. The van der Waals surface area contributed by atoms with Crippen molar-refractivity contribution >= 4 is 16.9 Å². The molecule has 1 nitrogen and oxygen atoms in total. The summed E-state index contributed by atoms with van der Waals surface area (Å²) in [7, 11) is 0. The van der Waals surface area contributed by atoms with Gasteiger partial charge in [-0.15, -0.1) is 0 Å². The molecule has 20 heavy (non-hydrogen) atoms. The molecule has 0 rings (SSSR count). The summed E-state index contributed by atoms with van der Waals surface area (Å²) in [6.45, 7) is 4.47. The number of carbonyl (C=O) groups excluding carboxylic acids is 1. The van der Waals surface area contributed by atoms with Crippen LogP contribution in [0.5, 0.6) is 0 Å². The minimum atomic E-state index is 0.389. The molecule has 0 aromatic heterocycles. The molecule has 0 aromatic carbocycles. The fraction of sp³-hybridized carbons (Fsp3) is 0.833. The van der Waals surface area contributed by atoms with Crippen LogP contribution in [0.15, 0.2) is 12.2 Å². The number of carbonyl (C=O) groups is 1. The van der Waals surface area contributed by atoms with Gasteiger partial charge in [0.05, 0.1) is 0 Å². The Bertz CT molecular complexity index is 236. The van der Waals surface area contributed by atoms with E-state index in [4.69, 9.17) is 0 Å². The second-order valence-corrected chi connectivity index (χ2v) is 6.65. The van der Waals surface area contributed by atoms with Crippen LogP contribution in [0.2, 0.25) is 0 Å². The highest BCUT2D eigenvalue weighted by Gasteiger charge is 2.01. The topological polar surface area (TPSA) is 17.1 Å². The van der Waals surface area contributed by atoms with Crippen LogP contribution in [0.1, 0.15) is 90.9 Å². The third-order valence-electron chi connectivity index (χ3n) is 3.42. The fourth-order valence-electron chi connectivity index (χ4n) is 2.11. The number of thioether (sulfide) groups is 1. The van der Waals surface area contributed by atoms with E-state index < -0.39 is 0 Å². The standard InChI is InChI=1S/C18H34OS/c1-3-5-7-9-11-13-15-17-20-18(19)16-14-12-10-8-6-4-2/h11,13H,3-10,12,14-17H2,1-2H3. The van der Waals surface area contributed by atoms with Gasteiger partial charge in [0.15, 0.2) is 5.12 Å². The van der Waals surface area contributed by atoms with Crippen molar-refractivity contribution in [3.05, 3.63) is 12.2 Å². The highest BCUT2D eigenvalue weighted by molar-refractivity contribution is 8.13. The van der Waals surface area contributed by atoms with Gasteiger partial charge in [-0.25, -0.2) is 0 Å². The van der Waals surface area contributed by atoms with E-state index in [0.717, 1.165) is 25.0 Å². The third kappa shape index (κ3) is 15.8. The zero-order chi connectivity index (χ0) is 14.9. The molecule has 0 bridgehead atoms. The fourth-order valence-corrected chi connectivity index (χ4v) is 2.88. The predicted molar refractivity (Wildman–Crippen MR) is 93.4 cm³/mol. The first-order valence-corrected chi connectivity index (χ1v) is 9.60. The number of rotatable bonds is 14. The number of unbranched alkanes of at least 4 members (excludes halogenated alkanes) is 8. The minimum Gasteiger partial charge on any atom is -0.287 e. The van der Waals surface area contributed by atoms with Crippen LogP contribution in [-0.4, -0.2) is 10.9 Å². The third-order valence-corrected chi connectivity index (χ3v) is 4.39. The average molecular weight is 299 g/mol. The van der Waals surface area contributed by atoms with Crippen molar-refractivity contribution in [2.75, 3.05) is 5.75 Å². The van der Waals surface area contributed by atoms with Crippen molar-refractivity contribution in [2.45, 2.75) is 90.9 Å². The van der Waals surface area contributed by atoms with Gasteiger partial charge in [0.1, 0.15) is 0 Å². The summed E-state index contributed by atoms with van der Waals surface area (Å²) in [5.74, 6) is 0.957. The maximum absolute atomic E-state index is 11.6. The molecule has 0 spiro atoms. The van der Waals surface area contributed by atoms with Crippen molar-refractivity contribution in [1.82, 2.24) is 0 Å². The van der Waals surface area contributed by atoms with E-state index in [-0.39, 0.29) is 0 Å². The molecule has 0 amide bonds. The molecule has 0 fully saturated rings. The van der Waals surface area contributed by atoms with Gasteiger partial charge in [-0.05, 0) is 25.7 Å². The van der Waals surface area contributed by atoms with E-state index in [0.29, 0.717) is 5.12 Å². The highest BCUT2D eigenvalue weighted by Crippen LogP contribution is 2.13. The lowest BCUT2D eigenvalue weighted by Gasteiger charge is -2.00. The Morgan fingerprint density at radius 1 is 0.800 bits per heavy atom. The molecule has 2 heteroatoms. The lowest BCUT2D eigenvalue weighted by Crippen LogP contribution is -1.93. The quantitative estimate of drug-likeness (QED) is 0.268. The van der Waals surface area contributed by atoms with Gasteiger partial charge in [0.25, 0.3) is 0 Å². The molecule has 0 atom stereocenters. The van der Waals surface area contributed by atoms with Crippen molar-refractivity contribution in [2.24, 2.45) is 0 Å². The zero-order valence-electron chi connectivity index (χ0n) is 13.7. The Balaban J connectivity index is 3.24. The molecular weight excluding hydrogens is 264 g/mol. The van der Waals surface area contributed by atoms with Crippen LogP contribution in [0, 0.1) is 0 Å². The minimum absolute atomic E-state index is 0.389. The van der Waals surface area contributed by atoms with Gasteiger partial charge in [0.2, 0.25) is 0 Å². The van der Waals surface area contributed by atoms with Crippen LogP contribution in [0.4, 0.5) is 0 Å². The van der Waals surface area contributed by atoms with Gasteiger partial charge in [0, 0.05) is 12.2 Å². The average Bonchev–Trinajstić information content (AvgIpc) is 2.45. The van der Waals surface area contributed by atoms with Crippen molar-refractivity contribution < 1.29 is 4.79 Å². The highest BCUT2D eigenvalue weighted by atomic mass is 32.2. The lowest BCUT2D eigenvalue weighted by molar-refractivity contribution is -0.111. The smallest absolute Gasteiger partial charge is 0.188 e. The molecule has 0 saturated carbocycles. The predicted octanol–water partition coefficient (Wildman–Crippen LogP) is 6.52. The van der Waals surface area contributed by atoms with E-state index in [9.17, 15) is 4.79 Å². The van der Waals surface area contributed by atoms with Crippen molar-refractivity contribution in [3.63, 3.8) is 0 Å². The SMILES string of the molecule is CCCCCC=CCCSC(=O)CCCCCCCC. The second kappa shape index (κ2) is 16.8. The zero-order valence-corrected chi connectivity index (χ0v) is 14.5. The van der Waals surface area contributed by atoms with Crippen LogP contribution in [0.3, 0.4) is 0 Å². The van der Waals surface area contributed by atoms with Gasteiger partial charge < -0.3 is 0 Å². The van der Waals surface area contributed by atoms with Gasteiger partial charge >= 0.3 is 0 Å². The second-order valence-electron chi connectivity index (χ2n) is 5.49. The maximum atomic E-state index is 11.6. The molecule has 0 radical (unpaired) electrons. The number of hydrogen-bond donors (Lipinski definition) is 0. The van der Waals surface area contributed by atoms with Gasteiger partial charge in [-0.1, -0.05) is 82.7 Å². The molecule has 0 aliphatic heterocycles. The molecule has 0 aromatic rings. The van der Waals surface area contributed by atoms with E-state index in [1.54, 1.807) is 0 Å². The molecular formula is C18H34OS. The Kier molecular flexibility index (Phi) is 16.6. The van der Waals surface area contributed by atoms with E-state index in [1.807, 2.05) is 0 Å². The maximum Gasteiger partial charge on any atom is 0.188 e. The summed E-state index contributed by atoms with van der Waals surface area (Å²) >= 11 is 1.52. The molecule has 0 N–H and O–H groups in total. The first-order chi connectivity index (χ1) is 9.81. The molecule has 0 saturated heterocycles. The summed E-state index contributed by atoms with van der Waals surface area (Å²) in [6, 6.07) is 0. The van der Waals surface area contributed by atoms with Crippen LogP contribution < -0.4 is 0 Å². The van der Waals surface area contributed by atoms with Crippen LogP contribution in [0.25, 0.3) is 0 Å². The number of hydrogen-bond acceptors (Lipinski definition) is 2. The van der Waals surface area contributed by atoms with E-state index in [1.165, 1.54) is 69.5 Å². The summed E-state index contributed by atoms with van der Waals surface area (Å²) in [4.78, 5) is 11.6. The summed E-state index contributed by atoms with van der Waals surface area (Å²) in [5.41, 5.74) is 0. The summed E-state index contributed by atoms with van der Waals surface area (Å²) in [5, 5.41) is 0.389. The molecule has 0 aliphatic rings. The van der Waals surface area contributed by atoms with Gasteiger partial charge in [-0.3, -0.25) is 4.79 Å². The summed E-state index contributed by atoms with van der Waals surface area (Å²) in [6.07, 6.45) is 19.0. The molecule has 118 valence electrons. The van der Waals surface area contributed by atoms with Crippen molar-refractivity contribution in [1.29, 1.82) is 0 Å². The first kappa shape index (κ1) is 19.8.